The zero-order chi connectivity index (χ0) is 11.8. The molecule has 0 aromatic carbocycles. The molecule has 0 aliphatic carbocycles. The minimum Gasteiger partial charge on any atom is -0.383 e. The summed E-state index contributed by atoms with van der Waals surface area (Å²) in [4.78, 5) is 2.54. The van der Waals surface area contributed by atoms with E-state index in [1.807, 2.05) is 7.11 Å². The van der Waals surface area contributed by atoms with Crippen molar-refractivity contribution in [2.24, 2.45) is 0 Å². The van der Waals surface area contributed by atoms with Gasteiger partial charge < -0.3 is 14.8 Å². The lowest BCUT2D eigenvalue weighted by Crippen LogP contribution is -2.46. The molecule has 96 valence electrons. The predicted molar refractivity (Wildman–Crippen MR) is 65.8 cm³/mol. The lowest BCUT2D eigenvalue weighted by Gasteiger charge is -2.35. The molecule has 0 bridgehead atoms. The Balaban J connectivity index is 2.10. The predicted octanol–water partition coefficient (Wildman–Crippen LogP) is 0.722. The lowest BCUT2D eigenvalue weighted by atomic mass is 10.1. The van der Waals surface area contributed by atoms with Gasteiger partial charge in [-0.1, -0.05) is 0 Å². The van der Waals surface area contributed by atoms with Gasteiger partial charge in [-0.05, 0) is 19.8 Å². The number of hydrogen-bond acceptors (Lipinski definition) is 4. The van der Waals surface area contributed by atoms with Gasteiger partial charge in [-0.2, -0.15) is 0 Å². The normalized spacial score (nSPS) is 21.2. The summed E-state index contributed by atoms with van der Waals surface area (Å²) >= 11 is 0. The first kappa shape index (κ1) is 13.9. The number of ether oxygens (including phenoxy) is 2. The first-order valence-corrected chi connectivity index (χ1v) is 6.24. The molecule has 1 saturated heterocycles. The van der Waals surface area contributed by atoms with Gasteiger partial charge in [0, 0.05) is 46.4 Å². The second kappa shape index (κ2) is 8.01. The largest absolute Gasteiger partial charge is 0.383 e. The van der Waals surface area contributed by atoms with Crippen LogP contribution >= 0.6 is 0 Å². The Labute approximate surface area is 99.3 Å². The van der Waals surface area contributed by atoms with Gasteiger partial charge in [0.05, 0.1) is 12.7 Å². The van der Waals surface area contributed by atoms with Crippen LogP contribution in [0.4, 0.5) is 0 Å². The van der Waals surface area contributed by atoms with Gasteiger partial charge in [0.25, 0.3) is 0 Å². The third-order valence-corrected chi connectivity index (χ3v) is 3.36. The van der Waals surface area contributed by atoms with Gasteiger partial charge in [0.1, 0.15) is 0 Å². The standard InChI is InChI=1S/C12H26N2O2/c1-11(10-13-6-9-15-2)14-7-4-12(16-3)5-8-14/h11-13H,4-10H2,1-3H3. The number of hydrogen-bond donors (Lipinski definition) is 1. The van der Waals surface area contributed by atoms with Crippen LogP contribution in [0.3, 0.4) is 0 Å². The van der Waals surface area contributed by atoms with Crippen LogP contribution in [0, 0.1) is 0 Å². The highest BCUT2D eigenvalue weighted by molar-refractivity contribution is 4.77. The van der Waals surface area contributed by atoms with E-state index in [0.29, 0.717) is 12.1 Å². The summed E-state index contributed by atoms with van der Waals surface area (Å²) in [7, 11) is 3.55. The summed E-state index contributed by atoms with van der Waals surface area (Å²) in [6, 6.07) is 0.606. The molecule has 1 rings (SSSR count). The van der Waals surface area contributed by atoms with Crippen molar-refractivity contribution in [1.29, 1.82) is 0 Å². The first-order valence-electron chi connectivity index (χ1n) is 6.24. The molecule has 1 N–H and O–H groups in total. The van der Waals surface area contributed by atoms with Crippen LogP contribution in [0.1, 0.15) is 19.8 Å². The maximum atomic E-state index is 5.37. The summed E-state index contributed by atoms with van der Waals surface area (Å²) in [6.45, 7) is 7.37. The van der Waals surface area contributed by atoms with E-state index < -0.39 is 0 Å². The minimum absolute atomic E-state index is 0.477. The van der Waals surface area contributed by atoms with Gasteiger partial charge in [0.15, 0.2) is 0 Å². The van der Waals surface area contributed by atoms with Crippen molar-refractivity contribution in [3.63, 3.8) is 0 Å². The molecule has 1 unspecified atom stereocenters. The fourth-order valence-electron chi connectivity index (χ4n) is 2.17. The lowest BCUT2D eigenvalue weighted by molar-refractivity contribution is 0.0296. The fraction of sp³-hybridized carbons (Fsp3) is 1.00. The van der Waals surface area contributed by atoms with Crippen LogP contribution in [-0.4, -0.2) is 64.1 Å². The Hall–Kier alpha value is -0.160. The Morgan fingerprint density at radius 2 is 2.00 bits per heavy atom. The molecule has 4 heteroatoms. The van der Waals surface area contributed by atoms with Crippen LogP contribution < -0.4 is 5.32 Å². The number of nitrogens with one attached hydrogen (secondary N) is 1. The quantitative estimate of drug-likeness (QED) is 0.654. The van der Waals surface area contributed by atoms with E-state index in [4.69, 9.17) is 9.47 Å². The fourth-order valence-corrected chi connectivity index (χ4v) is 2.17. The second-order valence-corrected chi connectivity index (χ2v) is 4.52. The molecule has 4 nitrogen and oxygen atoms in total. The Morgan fingerprint density at radius 3 is 2.56 bits per heavy atom. The van der Waals surface area contributed by atoms with Crippen molar-refractivity contribution in [2.45, 2.75) is 31.9 Å². The van der Waals surface area contributed by atoms with E-state index in [1.54, 1.807) is 7.11 Å². The monoisotopic (exact) mass is 230 g/mol. The number of nitrogens with zero attached hydrogens (tertiary/aromatic N) is 1. The molecule has 1 heterocycles. The van der Waals surface area contributed by atoms with Crippen molar-refractivity contribution in [2.75, 3.05) is 47.0 Å². The molecule has 1 atom stereocenters. The van der Waals surface area contributed by atoms with Crippen molar-refractivity contribution < 1.29 is 9.47 Å². The molecular formula is C12H26N2O2. The molecule has 16 heavy (non-hydrogen) atoms. The molecular weight excluding hydrogens is 204 g/mol. The van der Waals surface area contributed by atoms with E-state index >= 15 is 0 Å². The number of rotatable bonds is 7. The number of methoxy groups -OCH3 is 2. The van der Waals surface area contributed by atoms with Crippen LogP contribution in [0.5, 0.6) is 0 Å². The highest BCUT2D eigenvalue weighted by atomic mass is 16.5. The van der Waals surface area contributed by atoms with Crippen molar-refractivity contribution in [3.8, 4) is 0 Å². The number of piperidine rings is 1. The van der Waals surface area contributed by atoms with E-state index in [1.165, 1.54) is 12.8 Å². The van der Waals surface area contributed by atoms with Crippen LogP contribution in [0.25, 0.3) is 0 Å². The third-order valence-electron chi connectivity index (χ3n) is 3.36. The van der Waals surface area contributed by atoms with Crippen LogP contribution in [-0.2, 0) is 9.47 Å². The first-order chi connectivity index (χ1) is 7.77. The van der Waals surface area contributed by atoms with Crippen molar-refractivity contribution >= 4 is 0 Å². The van der Waals surface area contributed by atoms with Gasteiger partial charge in [0.2, 0.25) is 0 Å². The topological polar surface area (TPSA) is 33.7 Å². The zero-order valence-electron chi connectivity index (χ0n) is 10.9. The SMILES string of the molecule is COCCNCC(C)N1CCC(OC)CC1. The van der Waals surface area contributed by atoms with Crippen LogP contribution in [0.15, 0.2) is 0 Å². The van der Waals surface area contributed by atoms with Crippen LogP contribution in [0.2, 0.25) is 0 Å². The number of likely N-dealkylation sites (tertiary alicyclic amines) is 1. The summed E-state index contributed by atoms with van der Waals surface area (Å²) < 4.78 is 10.4. The second-order valence-electron chi connectivity index (χ2n) is 4.52. The van der Waals surface area contributed by atoms with Crippen molar-refractivity contribution in [3.05, 3.63) is 0 Å². The molecule has 0 radical (unpaired) electrons. The van der Waals surface area contributed by atoms with E-state index in [-0.39, 0.29) is 0 Å². The molecule has 1 fully saturated rings. The highest BCUT2D eigenvalue weighted by Crippen LogP contribution is 2.14. The maximum Gasteiger partial charge on any atom is 0.0595 e. The van der Waals surface area contributed by atoms with Gasteiger partial charge in [-0.25, -0.2) is 0 Å². The Kier molecular flexibility index (Phi) is 6.96. The third kappa shape index (κ3) is 4.78. The van der Waals surface area contributed by atoms with Gasteiger partial charge in [-0.15, -0.1) is 0 Å². The average molecular weight is 230 g/mol. The molecule has 0 saturated carbocycles. The summed E-state index contributed by atoms with van der Waals surface area (Å²) in [5.41, 5.74) is 0. The zero-order valence-corrected chi connectivity index (χ0v) is 10.9. The molecule has 1 aliphatic rings. The summed E-state index contributed by atoms with van der Waals surface area (Å²) in [5, 5.41) is 3.41. The van der Waals surface area contributed by atoms with Gasteiger partial charge >= 0.3 is 0 Å². The maximum absolute atomic E-state index is 5.37. The Bertz CT molecular complexity index is 170. The average Bonchev–Trinajstić information content (AvgIpc) is 2.34. The Morgan fingerprint density at radius 1 is 1.31 bits per heavy atom. The summed E-state index contributed by atoms with van der Waals surface area (Å²) in [5.74, 6) is 0. The van der Waals surface area contributed by atoms with Crippen molar-refractivity contribution in [1.82, 2.24) is 10.2 Å². The van der Waals surface area contributed by atoms with E-state index in [2.05, 4.69) is 17.1 Å². The molecule has 0 spiro atoms. The molecule has 1 aliphatic heterocycles. The molecule has 0 amide bonds. The van der Waals surface area contributed by atoms with Gasteiger partial charge in [-0.3, -0.25) is 4.90 Å². The minimum atomic E-state index is 0.477. The smallest absolute Gasteiger partial charge is 0.0595 e. The van der Waals surface area contributed by atoms with E-state index in [0.717, 1.165) is 32.8 Å². The molecule has 0 aromatic rings. The van der Waals surface area contributed by atoms with E-state index in [9.17, 15) is 0 Å². The highest BCUT2D eigenvalue weighted by Gasteiger charge is 2.21. The molecule has 0 aromatic heterocycles. The summed E-state index contributed by atoms with van der Waals surface area (Å²) in [6.07, 6.45) is 2.81.